The summed E-state index contributed by atoms with van der Waals surface area (Å²) in [6.45, 7) is 2.08. The number of nitrogens with zero attached hydrogens (tertiary/aromatic N) is 1. The van der Waals surface area contributed by atoms with Crippen LogP contribution in [0.4, 0.5) is 0 Å². The minimum Gasteiger partial charge on any atom is -0.264 e. The van der Waals surface area contributed by atoms with Gasteiger partial charge >= 0.3 is 0 Å². The van der Waals surface area contributed by atoms with E-state index in [9.17, 15) is 0 Å². The van der Waals surface area contributed by atoms with Crippen LogP contribution in [0.2, 0.25) is 0 Å². The summed E-state index contributed by atoms with van der Waals surface area (Å²) < 4.78 is 0. The maximum atomic E-state index is 4.04. The van der Waals surface area contributed by atoms with Gasteiger partial charge in [0, 0.05) is 18.0 Å². The van der Waals surface area contributed by atoms with Crippen LogP contribution in [0.25, 0.3) is 12.2 Å². The van der Waals surface area contributed by atoms with Crippen molar-refractivity contribution >= 4 is 12.2 Å². The summed E-state index contributed by atoms with van der Waals surface area (Å²) in [5, 5.41) is 0. The number of rotatable bonds is 2. The van der Waals surface area contributed by atoms with E-state index in [1.54, 1.807) is 6.20 Å². The van der Waals surface area contributed by atoms with Gasteiger partial charge in [0.2, 0.25) is 0 Å². The van der Waals surface area contributed by atoms with Gasteiger partial charge in [-0.1, -0.05) is 35.9 Å². The summed E-state index contributed by atoms with van der Waals surface area (Å²) in [4.78, 5) is 4.04. The summed E-state index contributed by atoms with van der Waals surface area (Å²) in [6.07, 6.45) is 7.47. The minimum absolute atomic E-state index is 1.06. The van der Waals surface area contributed by atoms with Gasteiger partial charge in [-0.2, -0.15) is 0 Å². The molecular formula is C15H13N. The molecule has 0 bridgehead atoms. The van der Waals surface area contributed by atoms with E-state index in [0.29, 0.717) is 0 Å². The highest BCUT2D eigenvalue weighted by molar-refractivity contribution is 5.56. The second-order valence-corrected chi connectivity index (χ2v) is 3.65. The first kappa shape index (κ1) is 10.4. The summed E-state index contributed by atoms with van der Waals surface area (Å²) in [6, 6.07) is 12.3. The molecule has 0 aliphatic rings. The molecule has 78 valence electrons. The van der Waals surface area contributed by atoms with Crippen LogP contribution in [0.5, 0.6) is 0 Å². The van der Waals surface area contributed by atoms with Crippen molar-refractivity contribution < 1.29 is 0 Å². The molecule has 0 aliphatic heterocycles. The van der Waals surface area contributed by atoms with E-state index in [4.69, 9.17) is 0 Å². The molecule has 0 N–H and O–H groups in total. The molecule has 0 radical (unpaired) electrons. The van der Waals surface area contributed by atoms with Crippen LogP contribution >= 0.6 is 0 Å². The Bertz CT molecular complexity index is 503. The lowest BCUT2D eigenvalue weighted by molar-refractivity contribution is 1.32. The smallest absolute Gasteiger partial charge is 0.0346 e. The van der Waals surface area contributed by atoms with Crippen LogP contribution in [0.3, 0.4) is 0 Å². The largest absolute Gasteiger partial charge is 0.264 e. The molecule has 1 aromatic carbocycles. The molecule has 0 saturated heterocycles. The SMILES string of the molecule is Cc1ccc(C=C=Cc2cccnc2)cc1. The number of benzene rings is 1. The van der Waals surface area contributed by atoms with E-state index in [1.165, 1.54) is 5.56 Å². The minimum atomic E-state index is 1.06. The number of pyridine rings is 1. The maximum Gasteiger partial charge on any atom is 0.0346 e. The Morgan fingerprint density at radius 1 is 1.00 bits per heavy atom. The average molecular weight is 207 g/mol. The Kier molecular flexibility index (Phi) is 3.32. The van der Waals surface area contributed by atoms with Crippen LogP contribution < -0.4 is 0 Å². The zero-order chi connectivity index (χ0) is 11.2. The van der Waals surface area contributed by atoms with Crippen molar-refractivity contribution in [1.82, 2.24) is 4.98 Å². The van der Waals surface area contributed by atoms with Crippen LogP contribution in [-0.4, -0.2) is 4.98 Å². The van der Waals surface area contributed by atoms with Crippen molar-refractivity contribution in [3.8, 4) is 0 Å². The Hall–Kier alpha value is -2.11. The van der Waals surface area contributed by atoms with Crippen molar-refractivity contribution in [2.45, 2.75) is 6.92 Å². The zero-order valence-corrected chi connectivity index (χ0v) is 9.22. The molecular weight excluding hydrogens is 194 g/mol. The number of aromatic nitrogens is 1. The van der Waals surface area contributed by atoms with E-state index in [0.717, 1.165) is 11.1 Å². The highest BCUT2D eigenvalue weighted by Crippen LogP contribution is 2.05. The van der Waals surface area contributed by atoms with Gasteiger partial charge in [-0.3, -0.25) is 4.98 Å². The van der Waals surface area contributed by atoms with Crippen molar-refractivity contribution in [2.24, 2.45) is 0 Å². The van der Waals surface area contributed by atoms with E-state index >= 15 is 0 Å². The van der Waals surface area contributed by atoms with Gasteiger partial charge in [0.1, 0.15) is 0 Å². The maximum absolute atomic E-state index is 4.04. The van der Waals surface area contributed by atoms with E-state index in [-0.39, 0.29) is 0 Å². The molecule has 0 amide bonds. The lowest BCUT2D eigenvalue weighted by atomic mass is 10.1. The number of hydrogen-bond acceptors (Lipinski definition) is 1. The van der Waals surface area contributed by atoms with Gasteiger partial charge in [-0.05, 0) is 30.7 Å². The quantitative estimate of drug-likeness (QED) is 0.684. The van der Waals surface area contributed by atoms with Gasteiger partial charge in [-0.15, -0.1) is 5.73 Å². The molecule has 0 atom stereocenters. The zero-order valence-electron chi connectivity index (χ0n) is 9.22. The Morgan fingerprint density at radius 2 is 1.75 bits per heavy atom. The van der Waals surface area contributed by atoms with Crippen LogP contribution in [0, 0.1) is 6.92 Å². The Labute approximate surface area is 95.8 Å². The van der Waals surface area contributed by atoms with Gasteiger partial charge in [0.25, 0.3) is 0 Å². The van der Waals surface area contributed by atoms with Crippen molar-refractivity contribution in [3.05, 3.63) is 71.2 Å². The topological polar surface area (TPSA) is 12.9 Å². The third kappa shape index (κ3) is 2.94. The van der Waals surface area contributed by atoms with Crippen LogP contribution in [0.1, 0.15) is 16.7 Å². The molecule has 1 heterocycles. The van der Waals surface area contributed by atoms with Crippen molar-refractivity contribution in [2.75, 3.05) is 0 Å². The van der Waals surface area contributed by atoms with Crippen LogP contribution in [0.15, 0.2) is 54.5 Å². The van der Waals surface area contributed by atoms with Gasteiger partial charge in [0.05, 0.1) is 0 Å². The molecule has 1 aromatic heterocycles. The van der Waals surface area contributed by atoms with E-state index in [2.05, 4.69) is 41.9 Å². The molecule has 0 saturated carbocycles. The molecule has 16 heavy (non-hydrogen) atoms. The van der Waals surface area contributed by atoms with Crippen molar-refractivity contribution in [1.29, 1.82) is 0 Å². The highest BCUT2D eigenvalue weighted by Gasteiger charge is 1.85. The van der Waals surface area contributed by atoms with Crippen molar-refractivity contribution in [3.63, 3.8) is 0 Å². The monoisotopic (exact) mass is 207 g/mol. The van der Waals surface area contributed by atoms with Gasteiger partial charge in [0.15, 0.2) is 0 Å². The summed E-state index contributed by atoms with van der Waals surface area (Å²) in [5.74, 6) is 0. The van der Waals surface area contributed by atoms with Gasteiger partial charge in [-0.25, -0.2) is 0 Å². The third-order valence-corrected chi connectivity index (χ3v) is 2.26. The Balaban J connectivity index is 2.15. The van der Waals surface area contributed by atoms with Crippen LogP contribution in [-0.2, 0) is 0 Å². The predicted octanol–water partition coefficient (Wildman–Crippen LogP) is 3.72. The fourth-order valence-electron chi connectivity index (χ4n) is 1.36. The van der Waals surface area contributed by atoms with Gasteiger partial charge < -0.3 is 0 Å². The molecule has 0 unspecified atom stereocenters. The molecule has 1 heteroatoms. The fourth-order valence-corrected chi connectivity index (χ4v) is 1.36. The highest BCUT2D eigenvalue weighted by atomic mass is 14.6. The average Bonchev–Trinajstić information content (AvgIpc) is 2.33. The second-order valence-electron chi connectivity index (χ2n) is 3.65. The molecule has 0 aliphatic carbocycles. The molecule has 0 fully saturated rings. The first-order valence-corrected chi connectivity index (χ1v) is 5.24. The van der Waals surface area contributed by atoms with E-state index < -0.39 is 0 Å². The fraction of sp³-hybridized carbons (Fsp3) is 0.0667. The second kappa shape index (κ2) is 5.11. The first-order chi connectivity index (χ1) is 7.84. The summed E-state index contributed by atoms with van der Waals surface area (Å²) >= 11 is 0. The summed E-state index contributed by atoms with van der Waals surface area (Å²) in [5.41, 5.74) is 6.64. The predicted molar refractivity (Wildman–Crippen MR) is 67.9 cm³/mol. The van der Waals surface area contributed by atoms with E-state index in [1.807, 2.05) is 30.5 Å². The molecule has 1 nitrogen and oxygen atoms in total. The summed E-state index contributed by atoms with van der Waals surface area (Å²) in [7, 11) is 0. The Morgan fingerprint density at radius 3 is 2.44 bits per heavy atom. The third-order valence-electron chi connectivity index (χ3n) is 2.26. The normalized spacial score (nSPS) is 9.31. The lowest BCUT2D eigenvalue weighted by Crippen LogP contribution is -1.73. The lowest BCUT2D eigenvalue weighted by Gasteiger charge is -1.92. The molecule has 2 aromatic rings. The first-order valence-electron chi connectivity index (χ1n) is 5.24. The molecule has 0 spiro atoms. The standard InChI is InChI=1S/C15H13N/c1-13-7-9-14(10-8-13)4-2-5-15-6-3-11-16-12-15/h3-12H,1H3. The number of aryl methyl sites for hydroxylation is 1. The molecule has 2 rings (SSSR count). The number of hydrogen-bond donors (Lipinski definition) is 0.